The lowest BCUT2D eigenvalue weighted by Gasteiger charge is -2.28. The van der Waals surface area contributed by atoms with Gasteiger partial charge in [0.15, 0.2) is 0 Å². The number of anilines is 3. The fraction of sp³-hybridized carbons (Fsp3) is 0.0455. The van der Waals surface area contributed by atoms with Crippen LogP contribution in [-0.4, -0.2) is 8.07 Å². The van der Waals surface area contributed by atoms with Gasteiger partial charge in [0.25, 0.3) is 0 Å². The van der Waals surface area contributed by atoms with Crippen LogP contribution in [0.1, 0.15) is 0 Å². The van der Waals surface area contributed by atoms with Gasteiger partial charge in [-0.25, -0.2) is 0 Å². The number of nitrogens with zero attached hydrogens (tertiary/aromatic N) is 1. The van der Waals surface area contributed by atoms with Crippen molar-refractivity contribution in [1.82, 2.24) is 0 Å². The van der Waals surface area contributed by atoms with Crippen molar-refractivity contribution in [3.63, 3.8) is 0 Å². The molecule has 0 aliphatic carbocycles. The summed E-state index contributed by atoms with van der Waals surface area (Å²) in [4.78, 5) is 2.44. The zero-order chi connectivity index (χ0) is 32.0. The summed E-state index contributed by atoms with van der Waals surface area (Å²) in [7, 11) is -2.03. The highest BCUT2D eigenvalue weighted by Gasteiger charge is 2.40. The first-order valence-corrected chi connectivity index (χ1v) is 20.3. The second kappa shape index (κ2) is 10.3. The summed E-state index contributed by atoms with van der Waals surface area (Å²) < 4.78 is 9.23. The Kier molecular flexibility index (Phi) is 5.93. The average Bonchev–Trinajstić information content (AvgIpc) is 3.77. The molecule has 0 spiro atoms. The topological polar surface area (TPSA) is 16.4 Å². The molecular formula is C44H31NOSSi. The van der Waals surface area contributed by atoms with Gasteiger partial charge >= 0.3 is 0 Å². The van der Waals surface area contributed by atoms with E-state index in [0.29, 0.717) is 0 Å². The molecule has 2 aromatic heterocycles. The van der Waals surface area contributed by atoms with E-state index in [-0.39, 0.29) is 0 Å². The zero-order valence-electron chi connectivity index (χ0n) is 26.7. The third-order valence-electron chi connectivity index (χ3n) is 10.3. The molecule has 2 nitrogen and oxygen atoms in total. The number of furan rings is 1. The Morgan fingerprint density at radius 2 is 1.17 bits per heavy atom. The summed E-state index contributed by atoms with van der Waals surface area (Å²) in [5, 5.41) is 7.90. The maximum absolute atomic E-state index is 6.59. The van der Waals surface area contributed by atoms with Crippen LogP contribution in [0.5, 0.6) is 0 Å². The van der Waals surface area contributed by atoms with E-state index in [4.69, 9.17) is 4.42 Å². The van der Waals surface area contributed by atoms with E-state index in [1.165, 1.54) is 69.3 Å². The highest BCUT2D eigenvalue weighted by atomic mass is 32.1. The number of thiophene rings is 1. The quantitative estimate of drug-likeness (QED) is 0.176. The minimum Gasteiger partial charge on any atom is -0.455 e. The number of fused-ring (bicyclic) bond motifs is 10. The SMILES string of the molecule is C[Si]1(C)c2cc(N(c3ccc(-c4ccccc4)cc3)c3ccc4sc5ccccc5c4c3)ccc2-c2c1ccc1c2oc2ccccc21. The van der Waals surface area contributed by atoms with Crippen LogP contribution in [-0.2, 0) is 0 Å². The Bertz CT molecular complexity index is 2700. The van der Waals surface area contributed by atoms with Gasteiger partial charge in [0.1, 0.15) is 19.2 Å². The van der Waals surface area contributed by atoms with Crippen LogP contribution in [0, 0.1) is 0 Å². The molecule has 10 rings (SSSR count). The molecule has 0 amide bonds. The zero-order valence-corrected chi connectivity index (χ0v) is 28.5. The first-order valence-electron chi connectivity index (χ1n) is 16.5. The van der Waals surface area contributed by atoms with Gasteiger partial charge in [-0.05, 0) is 81.7 Å². The minimum atomic E-state index is -2.03. The van der Waals surface area contributed by atoms with Crippen LogP contribution in [0.3, 0.4) is 0 Å². The van der Waals surface area contributed by atoms with Gasteiger partial charge in [0.05, 0.1) is 0 Å². The number of rotatable bonds is 4. The van der Waals surface area contributed by atoms with Gasteiger partial charge in [0.2, 0.25) is 0 Å². The molecule has 9 aromatic rings. The first-order chi connectivity index (χ1) is 23.5. The molecule has 7 aromatic carbocycles. The average molecular weight is 650 g/mol. The molecule has 0 unspecified atom stereocenters. The molecule has 0 saturated heterocycles. The van der Waals surface area contributed by atoms with Crippen LogP contribution < -0.4 is 15.3 Å². The molecule has 0 N–H and O–H groups in total. The van der Waals surface area contributed by atoms with Crippen molar-refractivity contribution in [3.05, 3.63) is 152 Å². The molecule has 0 fully saturated rings. The van der Waals surface area contributed by atoms with Gasteiger partial charge in [0, 0.05) is 53.6 Å². The molecule has 3 heterocycles. The summed E-state index contributed by atoms with van der Waals surface area (Å²) in [5.74, 6) is 0. The van der Waals surface area contributed by atoms with Gasteiger partial charge in [-0.3, -0.25) is 0 Å². The van der Waals surface area contributed by atoms with E-state index in [9.17, 15) is 0 Å². The smallest absolute Gasteiger partial charge is 0.143 e. The summed E-state index contributed by atoms with van der Waals surface area (Å²) in [6.07, 6.45) is 0. The third-order valence-corrected chi connectivity index (χ3v) is 15.0. The molecule has 228 valence electrons. The molecule has 0 radical (unpaired) electrons. The van der Waals surface area contributed by atoms with Crippen molar-refractivity contribution in [2.75, 3.05) is 4.90 Å². The molecule has 0 atom stereocenters. The number of benzene rings is 7. The van der Waals surface area contributed by atoms with Crippen molar-refractivity contribution in [2.45, 2.75) is 13.1 Å². The monoisotopic (exact) mass is 649 g/mol. The van der Waals surface area contributed by atoms with Crippen LogP contribution in [0.25, 0.3) is 64.4 Å². The summed E-state index contributed by atoms with van der Waals surface area (Å²) in [6, 6.07) is 55.5. The Hall–Kier alpha value is -5.42. The lowest BCUT2D eigenvalue weighted by atomic mass is 10.0. The van der Waals surface area contributed by atoms with Crippen molar-refractivity contribution in [2.24, 2.45) is 0 Å². The largest absolute Gasteiger partial charge is 0.455 e. The molecular weight excluding hydrogens is 619 g/mol. The normalized spacial score (nSPS) is 13.4. The second-order valence-electron chi connectivity index (χ2n) is 13.3. The van der Waals surface area contributed by atoms with E-state index in [1.54, 1.807) is 0 Å². The van der Waals surface area contributed by atoms with Crippen LogP contribution in [0.2, 0.25) is 13.1 Å². The Morgan fingerprint density at radius 3 is 2.02 bits per heavy atom. The summed E-state index contributed by atoms with van der Waals surface area (Å²) >= 11 is 1.86. The highest BCUT2D eigenvalue weighted by Crippen LogP contribution is 2.43. The van der Waals surface area contributed by atoms with Gasteiger partial charge in [-0.1, -0.05) is 110 Å². The van der Waals surface area contributed by atoms with Gasteiger partial charge in [-0.15, -0.1) is 11.3 Å². The molecule has 0 bridgehead atoms. The lowest BCUT2D eigenvalue weighted by Crippen LogP contribution is -2.49. The van der Waals surface area contributed by atoms with Crippen LogP contribution in [0.4, 0.5) is 17.1 Å². The first kappa shape index (κ1) is 27.7. The second-order valence-corrected chi connectivity index (χ2v) is 18.8. The molecule has 48 heavy (non-hydrogen) atoms. The van der Waals surface area contributed by atoms with E-state index in [1.807, 2.05) is 11.3 Å². The molecule has 4 heteroatoms. The van der Waals surface area contributed by atoms with E-state index >= 15 is 0 Å². The van der Waals surface area contributed by atoms with Gasteiger partial charge in [-0.2, -0.15) is 0 Å². The van der Waals surface area contributed by atoms with Gasteiger partial charge < -0.3 is 9.32 Å². The third kappa shape index (κ3) is 4.03. The van der Waals surface area contributed by atoms with E-state index < -0.39 is 8.07 Å². The fourth-order valence-electron chi connectivity index (χ4n) is 7.86. The maximum Gasteiger partial charge on any atom is 0.143 e. The Labute approximate surface area is 284 Å². The predicted octanol–water partition coefficient (Wildman–Crippen LogP) is 11.9. The van der Waals surface area contributed by atoms with Crippen LogP contribution in [0.15, 0.2) is 156 Å². The fourth-order valence-corrected chi connectivity index (χ4v) is 12.0. The number of hydrogen-bond donors (Lipinski definition) is 0. The highest BCUT2D eigenvalue weighted by molar-refractivity contribution is 7.25. The van der Waals surface area contributed by atoms with E-state index in [0.717, 1.165) is 22.5 Å². The summed E-state index contributed by atoms with van der Waals surface area (Å²) in [6.45, 7) is 4.97. The number of para-hydroxylation sites is 1. The molecule has 1 aliphatic heterocycles. The standard InChI is InChI=1S/C44H31NOSSi/c1-48(2)41-25-23-35-33-12-6-8-14-38(33)46-44(35)43(41)36-22-20-32(27-42(36)48)45(30-18-16-29(17-19-30)28-10-4-3-5-11-28)31-21-24-40-37(26-31)34-13-7-9-15-39(34)47-40/h3-27H,1-2H3. The van der Waals surface area contributed by atoms with Crippen molar-refractivity contribution in [1.29, 1.82) is 0 Å². The van der Waals surface area contributed by atoms with E-state index in [2.05, 4.69) is 170 Å². The van der Waals surface area contributed by atoms with Crippen molar-refractivity contribution < 1.29 is 4.42 Å². The molecule has 1 aliphatic rings. The minimum absolute atomic E-state index is 0.951. The predicted molar refractivity (Wildman–Crippen MR) is 209 cm³/mol. The molecule has 0 saturated carbocycles. The van der Waals surface area contributed by atoms with Crippen molar-refractivity contribution >= 4 is 89.0 Å². The number of hydrogen-bond acceptors (Lipinski definition) is 3. The Balaban J connectivity index is 1.17. The van der Waals surface area contributed by atoms with Crippen LogP contribution >= 0.6 is 11.3 Å². The maximum atomic E-state index is 6.59. The Morgan fingerprint density at radius 1 is 0.500 bits per heavy atom. The van der Waals surface area contributed by atoms with Crippen molar-refractivity contribution in [3.8, 4) is 22.3 Å². The summed E-state index contributed by atoms with van der Waals surface area (Å²) in [5.41, 5.74) is 10.5. The lowest BCUT2D eigenvalue weighted by molar-refractivity contribution is 0.670.